The second-order valence-corrected chi connectivity index (χ2v) is 10.2. The van der Waals surface area contributed by atoms with Gasteiger partial charge in [0, 0.05) is 23.2 Å². The van der Waals surface area contributed by atoms with Gasteiger partial charge < -0.3 is 14.7 Å². The molecule has 3 N–H and O–H groups in total. The van der Waals surface area contributed by atoms with E-state index >= 15 is 0 Å². The number of benzene rings is 1. The highest BCUT2D eigenvalue weighted by molar-refractivity contribution is 7.85. The van der Waals surface area contributed by atoms with E-state index in [4.69, 9.17) is 4.74 Å². The second kappa shape index (κ2) is 10.2. The van der Waals surface area contributed by atoms with Crippen LogP contribution in [0.1, 0.15) is 40.5 Å². The highest BCUT2D eigenvalue weighted by Crippen LogP contribution is 2.42. The molecule has 1 saturated heterocycles. The van der Waals surface area contributed by atoms with Crippen molar-refractivity contribution in [3.63, 3.8) is 0 Å². The van der Waals surface area contributed by atoms with E-state index in [1.165, 1.54) is 4.90 Å². The lowest BCUT2D eigenvalue weighted by Gasteiger charge is -2.48. The van der Waals surface area contributed by atoms with Crippen molar-refractivity contribution in [1.29, 1.82) is 0 Å². The molecule has 0 aromatic heterocycles. The fraction of sp³-hybridized carbons (Fsp3) is 0.545. The Bertz CT molecular complexity index is 884. The summed E-state index contributed by atoms with van der Waals surface area (Å²) in [6.45, 7) is 7.80. The first kappa shape index (κ1) is 24.7. The lowest BCUT2D eigenvalue weighted by Crippen LogP contribution is -2.59. The Morgan fingerprint density at radius 1 is 1.32 bits per heavy atom. The number of piperidine rings is 1. The maximum Gasteiger partial charge on any atom is 0.407 e. The van der Waals surface area contributed by atoms with Gasteiger partial charge in [-0.3, -0.25) is 14.2 Å². The van der Waals surface area contributed by atoms with Crippen LogP contribution in [0.15, 0.2) is 29.2 Å². The van der Waals surface area contributed by atoms with Gasteiger partial charge in [0.2, 0.25) is 0 Å². The first-order valence-electron chi connectivity index (χ1n) is 9.99. The van der Waals surface area contributed by atoms with Crippen LogP contribution in [-0.2, 0) is 15.6 Å². The molecule has 0 radical (unpaired) electrons. The summed E-state index contributed by atoms with van der Waals surface area (Å²) in [5, 5.41) is 19.0. The van der Waals surface area contributed by atoms with E-state index in [0.717, 1.165) is 0 Å². The van der Waals surface area contributed by atoms with Crippen LogP contribution in [0.25, 0.3) is 0 Å². The minimum Gasteiger partial charge on any atom is -0.481 e. The molecule has 1 aliphatic heterocycles. The number of hydroxylamine groups is 1. The third kappa shape index (κ3) is 5.99. The van der Waals surface area contributed by atoms with Gasteiger partial charge in [0.05, 0.1) is 16.2 Å². The molecule has 1 heterocycles. The average molecular weight is 451 g/mol. The van der Waals surface area contributed by atoms with E-state index in [9.17, 15) is 24.1 Å². The zero-order valence-electron chi connectivity index (χ0n) is 18.3. The summed E-state index contributed by atoms with van der Waals surface area (Å²) in [7, 11) is -1.54. The first-order valence-corrected chi connectivity index (χ1v) is 11.3. The highest BCUT2D eigenvalue weighted by Gasteiger charge is 2.50. The van der Waals surface area contributed by atoms with E-state index < -0.39 is 39.7 Å². The molecule has 0 spiro atoms. The summed E-state index contributed by atoms with van der Waals surface area (Å²) in [4.78, 5) is 26.3. The predicted octanol–water partition coefficient (Wildman–Crippen LogP) is 2.88. The Morgan fingerprint density at radius 3 is 2.48 bits per heavy atom. The van der Waals surface area contributed by atoms with E-state index in [-0.39, 0.29) is 31.7 Å². The van der Waals surface area contributed by atoms with Gasteiger partial charge in [0.1, 0.15) is 12.4 Å². The van der Waals surface area contributed by atoms with Crippen LogP contribution in [0, 0.1) is 22.7 Å². The summed E-state index contributed by atoms with van der Waals surface area (Å²) in [6, 6.07) is 6.25. The number of ether oxygens (including phenoxy) is 1. The first-order chi connectivity index (χ1) is 14.5. The monoisotopic (exact) mass is 450 g/mol. The number of hydrogen-bond acceptors (Lipinski definition) is 5. The molecule has 170 valence electrons. The van der Waals surface area contributed by atoms with Crippen LogP contribution < -0.4 is 10.2 Å². The molecule has 1 aliphatic rings. The molecule has 0 saturated carbocycles. The van der Waals surface area contributed by atoms with Crippen LogP contribution in [0.2, 0.25) is 0 Å². The molecular formula is C22H30N2O6S. The lowest BCUT2D eigenvalue weighted by molar-refractivity contribution is -0.143. The molecule has 0 bridgehead atoms. The van der Waals surface area contributed by atoms with Crippen LogP contribution in [0.4, 0.5) is 4.79 Å². The van der Waals surface area contributed by atoms with Gasteiger partial charge in [-0.1, -0.05) is 26.7 Å². The number of hydrogen-bond donors (Lipinski definition) is 3. The van der Waals surface area contributed by atoms with E-state index in [1.807, 2.05) is 20.8 Å². The topological polar surface area (TPSA) is 116 Å². The van der Waals surface area contributed by atoms with Crippen molar-refractivity contribution in [2.75, 3.05) is 18.9 Å². The normalized spacial score (nSPS) is 22.1. The van der Waals surface area contributed by atoms with Crippen LogP contribution >= 0.6 is 0 Å². The van der Waals surface area contributed by atoms with E-state index in [1.54, 1.807) is 36.7 Å². The van der Waals surface area contributed by atoms with Crippen LogP contribution in [-0.4, -0.2) is 56.4 Å². The van der Waals surface area contributed by atoms with Gasteiger partial charge in [0.25, 0.3) is 5.91 Å². The molecule has 3 atom stereocenters. The van der Waals surface area contributed by atoms with Gasteiger partial charge in [-0.05, 0) is 49.4 Å². The highest BCUT2D eigenvalue weighted by atomic mass is 32.2. The van der Waals surface area contributed by atoms with Crippen molar-refractivity contribution in [2.24, 2.45) is 10.8 Å². The van der Waals surface area contributed by atoms with Crippen molar-refractivity contribution in [1.82, 2.24) is 10.4 Å². The Balaban J connectivity index is 2.26. The lowest BCUT2D eigenvalue weighted by atomic mass is 9.69. The Hall–Kier alpha value is -2.57. The van der Waals surface area contributed by atoms with Crippen LogP contribution in [0.3, 0.4) is 0 Å². The molecule has 0 aliphatic carbocycles. The molecular weight excluding hydrogens is 420 g/mol. The number of nitrogens with one attached hydrogen (secondary N) is 1. The summed E-state index contributed by atoms with van der Waals surface area (Å²) >= 11 is 0. The van der Waals surface area contributed by atoms with Crippen molar-refractivity contribution < 1.29 is 28.8 Å². The molecule has 9 heteroatoms. The summed E-state index contributed by atoms with van der Waals surface area (Å²) < 4.78 is 18.6. The number of nitrogens with zero attached hydrogens (tertiary/aromatic N) is 1. The van der Waals surface area contributed by atoms with Gasteiger partial charge in [-0.25, -0.2) is 10.3 Å². The molecule has 1 aromatic rings. The third-order valence-electron chi connectivity index (χ3n) is 5.60. The molecule has 2 amide bonds. The molecule has 1 aromatic carbocycles. The number of amides is 2. The van der Waals surface area contributed by atoms with Gasteiger partial charge in [0.15, 0.2) is 0 Å². The summed E-state index contributed by atoms with van der Waals surface area (Å²) in [5.41, 5.74) is 0.114. The molecule has 31 heavy (non-hydrogen) atoms. The van der Waals surface area contributed by atoms with Crippen molar-refractivity contribution in [3.05, 3.63) is 24.3 Å². The fourth-order valence-corrected chi connectivity index (χ4v) is 5.31. The predicted molar refractivity (Wildman–Crippen MR) is 116 cm³/mol. The van der Waals surface area contributed by atoms with Gasteiger partial charge >= 0.3 is 6.09 Å². The van der Waals surface area contributed by atoms with E-state index in [2.05, 4.69) is 11.8 Å². The Kier molecular flexibility index (Phi) is 8.09. The van der Waals surface area contributed by atoms with Crippen molar-refractivity contribution in [3.8, 4) is 17.6 Å². The summed E-state index contributed by atoms with van der Waals surface area (Å²) in [5.74, 6) is 5.45. The largest absolute Gasteiger partial charge is 0.481 e. The standard InChI is InChI=1S/C22H30N2O6S/c1-5-6-13-30-16-7-9-17(10-8-16)31(29)15-22(19(25)23-28)11-12-24(20(26)27)18(14-22)21(2,3)4/h7-10,18,28H,11-15H2,1-4H3,(H,23,25)(H,26,27). The van der Waals surface area contributed by atoms with E-state index in [0.29, 0.717) is 10.6 Å². The fourth-order valence-electron chi connectivity index (χ4n) is 3.81. The van der Waals surface area contributed by atoms with Crippen molar-refractivity contribution >= 4 is 22.8 Å². The maximum atomic E-state index is 13.1. The maximum absolute atomic E-state index is 13.1. The number of rotatable bonds is 6. The van der Waals surface area contributed by atoms with Gasteiger partial charge in [-0.2, -0.15) is 0 Å². The smallest absolute Gasteiger partial charge is 0.407 e. The average Bonchev–Trinajstić information content (AvgIpc) is 2.72. The molecule has 3 unspecified atom stereocenters. The Labute approximate surface area is 185 Å². The molecule has 1 fully saturated rings. The molecule has 2 rings (SSSR count). The third-order valence-corrected chi connectivity index (χ3v) is 7.21. The number of carbonyl (C=O) groups is 2. The Morgan fingerprint density at radius 2 is 1.97 bits per heavy atom. The number of carbonyl (C=O) groups excluding carboxylic acids is 1. The quantitative estimate of drug-likeness (QED) is 0.349. The number of carboxylic acid groups (broad SMARTS) is 1. The zero-order valence-corrected chi connectivity index (χ0v) is 19.1. The minimum atomic E-state index is -1.54. The van der Waals surface area contributed by atoms with Crippen molar-refractivity contribution in [2.45, 2.75) is 51.5 Å². The zero-order chi connectivity index (χ0) is 23.2. The number of likely N-dealkylation sites (tertiary alicyclic amines) is 1. The van der Waals surface area contributed by atoms with Gasteiger partial charge in [-0.15, -0.1) is 5.92 Å². The minimum absolute atomic E-state index is 0.0268. The molecule has 8 nitrogen and oxygen atoms in total. The second-order valence-electron chi connectivity index (χ2n) is 8.71. The SMILES string of the molecule is CC#CCOc1ccc(S(=O)CC2(C(=O)NO)CCN(C(=O)O)C(C(C)(C)C)C2)cc1. The van der Waals surface area contributed by atoms with Crippen LogP contribution in [0.5, 0.6) is 5.75 Å². The summed E-state index contributed by atoms with van der Waals surface area (Å²) in [6.07, 6.45) is -0.721.